The van der Waals surface area contributed by atoms with E-state index in [1.807, 2.05) is 13.8 Å². The van der Waals surface area contributed by atoms with Gasteiger partial charge in [-0.2, -0.15) is 0 Å². The summed E-state index contributed by atoms with van der Waals surface area (Å²) in [6.07, 6.45) is 18.0. The number of ether oxygens (including phenoxy) is 1. The van der Waals surface area contributed by atoms with E-state index in [2.05, 4.69) is 11.0 Å². The zero-order chi connectivity index (χ0) is 18.5. The minimum atomic E-state index is -0.0342. The maximum absolute atomic E-state index is 11.3. The lowest BCUT2D eigenvalue weighted by atomic mass is 10.0. The Morgan fingerprint density at radius 1 is 0.750 bits per heavy atom. The highest BCUT2D eigenvalue weighted by atomic mass is 28.3. The molecule has 146 valence electrons. The highest BCUT2D eigenvalue weighted by Gasteiger charge is 2.04. The van der Waals surface area contributed by atoms with Gasteiger partial charge in [0.05, 0.1) is 6.10 Å². The molecule has 24 heavy (non-hydrogen) atoms. The van der Waals surface area contributed by atoms with Crippen LogP contribution in [-0.2, 0) is 13.6 Å². The van der Waals surface area contributed by atoms with Crippen molar-refractivity contribution < 1.29 is 13.6 Å². The minimum absolute atomic E-state index is 0.0273. The molecule has 3 nitrogen and oxygen atoms in total. The molecule has 0 unspecified atom stereocenters. The molecule has 0 radical (unpaired) electrons. The van der Waals surface area contributed by atoms with Gasteiger partial charge in [-0.1, -0.05) is 84.0 Å². The predicted molar refractivity (Wildman–Crippen MR) is 113 cm³/mol. The molecule has 0 aromatic carbocycles. The number of hydrogen-bond acceptors (Lipinski definition) is 3. The van der Waals surface area contributed by atoms with Gasteiger partial charge in [-0.05, 0) is 20.3 Å². The Balaban J connectivity index is 0. The Hall–Kier alpha value is -0.136. The monoisotopic (exact) mass is 376 g/mol. The van der Waals surface area contributed by atoms with Gasteiger partial charge in [0, 0.05) is 6.42 Å². The number of carbonyl (C=O) groups excluding carboxylic acids is 1. The molecule has 0 saturated carbocycles. The van der Waals surface area contributed by atoms with Gasteiger partial charge in [0.1, 0.15) is 21.0 Å². The number of rotatable bonds is 15. The van der Waals surface area contributed by atoms with Gasteiger partial charge >= 0.3 is 5.97 Å². The second kappa shape index (κ2) is 22.9. The molecule has 0 N–H and O–H groups in total. The van der Waals surface area contributed by atoms with E-state index in [1.54, 1.807) is 0 Å². The van der Waals surface area contributed by atoms with E-state index in [4.69, 9.17) is 4.74 Å². The summed E-state index contributed by atoms with van der Waals surface area (Å²) in [6, 6.07) is 0. The first-order chi connectivity index (χ1) is 11.6. The largest absolute Gasteiger partial charge is 0.471 e. The molecule has 0 spiro atoms. The molecule has 0 bridgehead atoms. The molecule has 0 aliphatic heterocycles. The average Bonchev–Trinajstić information content (AvgIpc) is 2.52. The molecule has 0 aliphatic rings. The first kappa shape index (κ1) is 26.1. The fourth-order valence-corrected chi connectivity index (χ4v) is 2.61. The van der Waals surface area contributed by atoms with E-state index >= 15 is 0 Å². The van der Waals surface area contributed by atoms with Crippen LogP contribution in [0.15, 0.2) is 0 Å². The van der Waals surface area contributed by atoms with Crippen LogP contribution >= 0.6 is 0 Å². The van der Waals surface area contributed by atoms with Crippen LogP contribution in [0.25, 0.3) is 0 Å². The zero-order valence-electron chi connectivity index (χ0n) is 17.2. The van der Waals surface area contributed by atoms with Crippen LogP contribution in [0.1, 0.15) is 111 Å². The molecule has 0 atom stereocenters. The van der Waals surface area contributed by atoms with E-state index in [1.165, 1.54) is 77.0 Å². The SMILES string of the molecule is CCCCCCCCCCCCCCCC(=O)OC(C)C.[SiH3]O[SiH3]. The van der Waals surface area contributed by atoms with Gasteiger partial charge in [-0.3, -0.25) is 4.79 Å². The van der Waals surface area contributed by atoms with Gasteiger partial charge in [-0.15, -0.1) is 0 Å². The first-order valence-electron chi connectivity index (χ1n) is 10.2. The molecule has 0 amide bonds. The van der Waals surface area contributed by atoms with E-state index < -0.39 is 0 Å². The van der Waals surface area contributed by atoms with Gasteiger partial charge in [-0.25, -0.2) is 0 Å². The van der Waals surface area contributed by atoms with Crippen molar-refractivity contribution in [2.24, 2.45) is 0 Å². The second-order valence-electron chi connectivity index (χ2n) is 6.94. The average molecular weight is 377 g/mol. The Labute approximate surface area is 157 Å². The second-order valence-corrected chi connectivity index (χ2v) is 10.2. The summed E-state index contributed by atoms with van der Waals surface area (Å²) in [4.78, 5) is 11.3. The van der Waals surface area contributed by atoms with Crippen LogP contribution in [-0.4, -0.2) is 33.0 Å². The standard InChI is InChI=1S/C19H38O2.H6OSi2/c1-4-5-6-7-8-9-10-11-12-13-14-15-16-17-19(20)21-18(2)3;2-1-3/h18H,4-17H2,1-3H3;2-3H3. The summed E-state index contributed by atoms with van der Waals surface area (Å²) < 4.78 is 9.65. The van der Waals surface area contributed by atoms with Crippen molar-refractivity contribution in [3.05, 3.63) is 0 Å². The van der Waals surface area contributed by atoms with Gasteiger partial charge in [0.25, 0.3) is 0 Å². The molecule has 0 fully saturated rings. The zero-order valence-corrected chi connectivity index (χ0v) is 21.2. The molecule has 0 aliphatic carbocycles. The molecular formula is C19H44O3Si2. The van der Waals surface area contributed by atoms with E-state index in [9.17, 15) is 4.79 Å². The van der Waals surface area contributed by atoms with E-state index in [0.717, 1.165) is 27.4 Å². The van der Waals surface area contributed by atoms with E-state index in [0.29, 0.717) is 6.42 Å². The van der Waals surface area contributed by atoms with Crippen LogP contribution in [0.2, 0.25) is 0 Å². The summed E-state index contributed by atoms with van der Waals surface area (Å²) in [5.41, 5.74) is 0. The number of carbonyl (C=O) groups is 1. The van der Waals surface area contributed by atoms with Crippen LogP contribution < -0.4 is 0 Å². The number of hydrogen-bond donors (Lipinski definition) is 0. The van der Waals surface area contributed by atoms with Gasteiger partial charge in [0.15, 0.2) is 0 Å². The lowest BCUT2D eigenvalue weighted by molar-refractivity contribution is -0.147. The van der Waals surface area contributed by atoms with Crippen molar-refractivity contribution >= 4 is 26.9 Å². The Morgan fingerprint density at radius 2 is 1.08 bits per heavy atom. The molecular weight excluding hydrogens is 332 g/mol. The highest BCUT2D eigenvalue weighted by Crippen LogP contribution is 2.13. The summed E-state index contributed by atoms with van der Waals surface area (Å²) in [6.45, 7) is 6.08. The lowest BCUT2D eigenvalue weighted by Gasteiger charge is -2.07. The minimum Gasteiger partial charge on any atom is -0.471 e. The van der Waals surface area contributed by atoms with Crippen molar-refractivity contribution in [3.63, 3.8) is 0 Å². The number of esters is 1. The Kier molecular flexibility index (Phi) is 24.9. The summed E-state index contributed by atoms with van der Waals surface area (Å²) >= 11 is 0. The maximum Gasteiger partial charge on any atom is 0.306 e. The quantitative estimate of drug-likeness (QED) is 0.246. The summed E-state index contributed by atoms with van der Waals surface area (Å²) in [5, 5.41) is 0. The third-order valence-corrected chi connectivity index (χ3v) is 3.85. The van der Waals surface area contributed by atoms with Crippen LogP contribution in [0.3, 0.4) is 0 Å². The van der Waals surface area contributed by atoms with Crippen molar-refractivity contribution in [1.82, 2.24) is 0 Å². The highest BCUT2D eigenvalue weighted by molar-refractivity contribution is 6.15. The fourth-order valence-electron chi connectivity index (χ4n) is 2.61. The molecule has 0 saturated heterocycles. The predicted octanol–water partition coefficient (Wildman–Crippen LogP) is 3.98. The van der Waals surface area contributed by atoms with Crippen LogP contribution in [0.5, 0.6) is 0 Å². The third kappa shape index (κ3) is 26.7. The third-order valence-electron chi connectivity index (χ3n) is 3.85. The summed E-state index contributed by atoms with van der Waals surface area (Å²) in [5.74, 6) is -0.0342. The Bertz CT molecular complexity index is 249. The van der Waals surface area contributed by atoms with Crippen molar-refractivity contribution in [2.75, 3.05) is 0 Å². The van der Waals surface area contributed by atoms with Crippen molar-refractivity contribution in [1.29, 1.82) is 0 Å². The maximum atomic E-state index is 11.3. The number of unbranched alkanes of at least 4 members (excludes halogenated alkanes) is 12. The molecule has 0 heterocycles. The lowest BCUT2D eigenvalue weighted by Crippen LogP contribution is -2.10. The van der Waals surface area contributed by atoms with Crippen molar-refractivity contribution in [2.45, 2.75) is 117 Å². The fraction of sp³-hybridized carbons (Fsp3) is 0.947. The Morgan fingerprint density at radius 3 is 1.42 bits per heavy atom. The normalized spacial score (nSPS) is 10.7. The van der Waals surface area contributed by atoms with E-state index in [-0.39, 0.29) is 12.1 Å². The molecule has 5 heteroatoms. The molecule has 0 aromatic heterocycles. The van der Waals surface area contributed by atoms with Crippen LogP contribution in [0.4, 0.5) is 0 Å². The topological polar surface area (TPSA) is 35.5 Å². The van der Waals surface area contributed by atoms with Gasteiger partial charge in [0.2, 0.25) is 0 Å². The van der Waals surface area contributed by atoms with Gasteiger partial charge < -0.3 is 8.85 Å². The first-order valence-corrected chi connectivity index (χ1v) is 11.8. The molecule has 0 aromatic rings. The summed E-state index contributed by atoms with van der Waals surface area (Å²) in [7, 11) is 1.86. The molecule has 0 rings (SSSR count). The smallest absolute Gasteiger partial charge is 0.306 e. The van der Waals surface area contributed by atoms with Crippen LogP contribution in [0, 0.1) is 0 Å². The van der Waals surface area contributed by atoms with Crippen molar-refractivity contribution in [3.8, 4) is 0 Å².